The molecule has 1 saturated carbocycles. The van der Waals surface area contributed by atoms with Crippen molar-refractivity contribution in [2.24, 2.45) is 0 Å². The van der Waals surface area contributed by atoms with E-state index in [0.29, 0.717) is 12.5 Å². The lowest BCUT2D eigenvalue weighted by atomic mass is 9.81. The van der Waals surface area contributed by atoms with E-state index in [9.17, 15) is 14.7 Å². The van der Waals surface area contributed by atoms with Crippen molar-refractivity contribution in [3.05, 3.63) is 59.2 Å². The van der Waals surface area contributed by atoms with E-state index >= 15 is 0 Å². The van der Waals surface area contributed by atoms with Crippen molar-refractivity contribution in [2.75, 3.05) is 26.2 Å². The van der Waals surface area contributed by atoms with Crippen molar-refractivity contribution < 1.29 is 14.7 Å². The van der Waals surface area contributed by atoms with Crippen LogP contribution in [0, 0.1) is 0 Å². The average Bonchev–Trinajstić information content (AvgIpc) is 3.24. The standard InChI is InChI=1S/C31H37N3O3/c35-28-21-34-27-19-23(31(36)37)13-14-26(27)29(22-9-3-1-4-10-22)30(34)25-12-6-5-11-24(25)20-33(28)18-17-32-15-7-2-8-16-32/h5-6,11-14,19,22H,1-4,7-10,15-18,20-21H2,(H,36,37). The van der Waals surface area contributed by atoms with Gasteiger partial charge in [0.15, 0.2) is 0 Å². The highest BCUT2D eigenvalue weighted by molar-refractivity contribution is 5.99. The average molecular weight is 500 g/mol. The van der Waals surface area contributed by atoms with Crippen molar-refractivity contribution in [1.82, 2.24) is 14.4 Å². The molecule has 6 rings (SSSR count). The molecule has 1 saturated heterocycles. The maximum absolute atomic E-state index is 13.8. The first kappa shape index (κ1) is 24.2. The van der Waals surface area contributed by atoms with Gasteiger partial charge in [0, 0.05) is 30.6 Å². The van der Waals surface area contributed by atoms with Gasteiger partial charge in [-0.2, -0.15) is 0 Å². The van der Waals surface area contributed by atoms with Crippen LogP contribution in [0.2, 0.25) is 0 Å². The number of fused-ring (bicyclic) bond motifs is 5. The predicted octanol–water partition coefficient (Wildman–Crippen LogP) is 5.88. The second-order valence-corrected chi connectivity index (χ2v) is 11.1. The largest absolute Gasteiger partial charge is 0.478 e. The van der Waals surface area contributed by atoms with Gasteiger partial charge in [-0.25, -0.2) is 4.79 Å². The quantitative estimate of drug-likeness (QED) is 0.476. The summed E-state index contributed by atoms with van der Waals surface area (Å²) in [6.07, 6.45) is 9.78. The van der Waals surface area contributed by atoms with E-state index in [1.807, 2.05) is 11.0 Å². The Labute approximate surface area is 218 Å². The minimum atomic E-state index is -0.933. The number of carbonyl (C=O) groups excluding carboxylic acids is 1. The Morgan fingerprint density at radius 3 is 2.43 bits per heavy atom. The molecule has 0 atom stereocenters. The first-order valence-corrected chi connectivity index (χ1v) is 14.1. The van der Waals surface area contributed by atoms with Gasteiger partial charge in [0.1, 0.15) is 6.54 Å². The molecule has 194 valence electrons. The van der Waals surface area contributed by atoms with Gasteiger partial charge in [-0.3, -0.25) is 4.79 Å². The first-order chi connectivity index (χ1) is 18.1. The number of hydrogen-bond acceptors (Lipinski definition) is 3. The summed E-state index contributed by atoms with van der Waals surface area (Å²) >= 11 is 0. The van der Waals surface area contributed by atoms with Crippen LogP contribution >= 0.6 is 0 Å². The van der Waals surface area contributed by atoms with E-state index in [4.69, 9.17) is 0 Å². The lowest BCUT2D eigenvalue weighted by Gasteiger charge is -2.32. The molecule has 1 N–H and O–H groups in total. The second kappa shape index (κ2) is 10.3. The van der Waals surface area contributed by atoms with E-state index < -0.39 is 5.97 Å². The third-order valence-electron chi connectivity index (χ3n) is 8.78. The van der Waals surface area contributed by atoms with Crippen LogP contribution in [-0.4, -0.2) is 57.5 Å². The number of rotatable bonds is 5. The molecule has 2 aromatic carbocycles. The van der Waals surface area contributed by atoms with Gasteiger partial charge >= 0.3 is 5.97 Å². The number of amides is 1. The summed E-state index contributed by atoms with van der Waals surface area (Å²) in [5.74, 6) is -0.390. The van der Waals surface area contributed by atoms with Crippen LogP contribution in [0.3, 0.4) is 0 Å². The minimum Gasteiger partial charge on any atom is -0.478 e. The number of carbonyl (C=O) groups is 2. The van der Waals surface area contributed by atoms with Crippen LogP contribution in [0.5, 0.6) is 0 Å². The Hall–Kier alpha value is -3.12. The molecule has 6 nitrogen and oxygen atoms in total. The van der Waals surface area contributed by atoms with Gasteiger partial charge in [0.25, 0.3) is 0 Å². The highest BCUT2D eigenvalue weighted by atomic mass is 16.4. The van der Waals surface area contributed by atoms with Crippen molar-refractivity contribution >= 4 is 22.8 Å². The summed E-state index contributed by atoms with van der Waals surface area (Å²) in [7, 11) is 0. The van der Waals surface area contributed by atoms with E-state index in [1.165, 1.54) is 55.2 Å². The molecule has 6 heteroatoms. The van der Waals surface area contributed by atoms with Gasteiger partial charge in [-0.05, 0) is 68.0 Å². The number of benzene rings is 2. The normalized spacial score (nSPS) is 19.4. The number of carboxylic acids is 1. The van der Waals surface area contributed by atoms with Crippen LogP contribution in [-0.2, 0) is 17.9 Å². The Balaban J connectivity index is 1.47. The Morgan fingerprint density at radius 2 is 1.65 bits per heavy atom. The number of carboxylic acid groups (broad SMARTS) is 1. The van der Waals surface area contributed by atoms with E-state index in [2.05, 4.69) is 33.7 Å². The summed E-state index contributed by atoms with van der Waals surface area (Å²) < 4.78 is 2.14. The molecule has 37 heavy (non-hydrogen) atoms. The molecule has 0 unspecified atom stereocenters. The molecule has 1 aromatic heterocycles. The smallest absolute Gasteiger partial charge is 0.335 e. The van der Waals surface area contributed by atoms with Crippen molar-refractivity contribution in [3.8, 4) is 11.3 Å². The SMILES string of the molecule is O=C(O)c1ccc2c(C3CCCCC3)c3n(c2c1)CC(=O)N(CCN1CCCCC1)Cc1ccccc1-3. The molecule has 3 heterocycles. The second-order valence-electron chi connectivity index (χ2n) is 11.1. The number of aromatic nitrogens is 1. The van der Waals surface area contributed by atoms with Crippen molar-refractivity contribution in [1.29, 1.82) is 0 Å². The van der Waals surface area contributed by atoms with Gasteiger partial charge in [-0.15, -0.1) is 0 Å². The third kappa shape index (κ3) is 4.68. The minimum absolute atomic E-state index is 0.112. The topological polar surface area (TPSA) is 65.8 Å². The van der Waals surface area contributed by atoms with Crippen LogP contribution in [0.1, 0.15) is 78.8 Å². The summed E-state index contributed by atoms with van der Waals surface area (Å²) in [4.78, 5) is 30.2. The van der Waals surface area contributed by atoms with E-state index in [1.54, 1.807) is 12.1 Å². The molecule has 0 spiro atoms. The van der Waals surface area contributed by atoms with Gasteiger partial charge < -0.3 is 19.5 Å². The molecule has 0 bridgehead atoms. The maximum Gasteiger partial charge on any atom is 0.335 e. The highest BCUT2D eigenvalue weighted by Gasteiger charge is 2.31. The molecule has 1 aliphatic carbocycles. The fourth-order valence-corrected chi connectivity index (χ4v) is 6.84. The Morgan fingerprint density at radius 1 is 0.892 bits per heavy atom. The van der Waals surface area contributed by atoms with Crippen molar-refractivity contribution in [2.45, 2.75) is 70.4 Å². The zero-order chi connectivity index (χ0) is 25.4. The predicted molar refractivity (Wildman–Crippen MR) is 146 cm³/mol. The number of hydrogen-bond donors (Lipinski definition) is 1. The molecule has 3 aromatic rings. The molecule has 2 aliphatic heterocycles. The zero-order valence-electron chi connectivity index (χ0n) is 21.6. The monoisotopic (exact) mass is 499 g/mol. The Kier molecular flexibility index (Phi) is 6.76. The van der Waals surface area contributed by atoms with E-state index in [-0.39, 0.29) is 18.0 Å². The number of nitrogens with zero attached hydrogens (tertiary/aromatic N) is 3. The fraction of sp³-hybridized carbons (Fsp3) is 0.484. The summed E-state index contributed by atoms with van der Waals surface area (Å²) in [6.45, 7) is 4.73. The Bertz CT molecular complexity index is 1310. The molecule has 3 aliphatic rings. The van der Waals surface area contributed by atoms with Crippen LogP contribution in [0.25, 0.3) is 22.2 Å². The molecular formula is C31H37N3O3. The molecule has 2 fully saturated rings. The van der Waals surface area contributed by atoms with Gasteiger partial charge in [0.05, 0.1) is 16.8 Å². The van der Waals surface area contributed by atoms with Crippen LogP contribution in [0.4, 0.5) is 0 Å². The van der Waals surface area contributed by atoms with Gasteiger partial charge in [-0.1, -0.05) is 56.0 Å². The molecular weight excluding hydrogens is 462 g/mol. The summed E-state index contributed by atoms with van der Waals surface area (Å²) in [5, 5.41) is 10.9. The van der Waals surface area contributed by atoms with Crippen LogP contribution in [0.15, 0.2) is 42.5 Å². The number of piperidine rings is 1. The molecule has 0 radical (unpaired) electrons. The third-order valence-corrected chi connectivity index (χ3v) is 8.78. The molecule has 1 amide bonds. The lowest BCUT2D eigenvalue weighted by molar-refractivity contribution is -0.132. The maximum atomic E-state index is 13.8. The number of aromatic carboxylic acids is 1. The van der Waals surface area contributed by atoms with Crippen molar-refractivity contribution in [3.63, 3.8) is 0 Å². The highest BCUT2D eigenvalue weighted by Crippen LogP contribution is 2.45. The number of likely N-dealkylation sites (tertiary alicyclic amines) is 1. The van der Waals surface area contributed by atoms with E-state index in [0.717, 1.165) is 55.6 Å². The summed E-state index contributed by atoms with van der Waals surface area (Å²) in [5.41, 5.74) is 5.95. The lowest BCUT2D eigenvalue weighted by Crippen LogP contribution is -2.42. The summed E-state index contributed by atoms with van der Waals surface area (Å²) in [6, 6.07) is 14.0. The zero-order valence-corrected chi connectivity index (χ0v) is 21.6. The fourth-order valence-electron chi connectivity index (χ4n) is 6.84. The van der Waals surface area contributed by atoms with Gasteiger partial charge in [0.2, 0.25) is 5.91 Å². The first-order valence-electron chi connectivity index (χ1n) is 14.1. The van der Waals surface area contributed by atoms with Crippen LogP contribution < -0.4 is 0 Å².